The Morgan fingerprint density at radius 3 is 2.77 bits per heavy atom. The summed E-state index contributed by atoms with van der Waals surface area (Å²) in [4.78, 5) is 24.1. The molecule has 2 aliphatic rings. The molecule has 1 aliphatic heterocycles. The monoisotopic (exact) mass is 350 g/mol. The van der Waals surface area contributed by atoms with Crippen LogP contribution in [-0.2, 0) is 11.2 Å². The lowest BCUT2D eigenvalue weighted by molar-refractivity contribution is -0.116. The number of aryl methyl sites for hydroxylation is 1. The number of aromatic amines is 1. The number of nitrogens with zero attached hydrogens (tertiary/aromatic N) is 3. The molecule has 1 fully saturated rings. The third-order valence-corrected chi connectivity index (χ3v) is 4.85. The van der Waals surface area contributed by atoms with E-state index >= 15 is 0 Å². The van der Waals surface area contributed by atoms with Crippen LogP contribution in [0.15, 0.2) is 29.1 Å². The molecule has 0 saturated heterocycles. The quantitative estimate of drug-likeness (QED) is 0.690. The summed E-state index contributed by atoms with van der Waals surface area (Å²) in [5, 5.41) is 7.65. The van der Waals surface area contributed by atoms with Crippen molar-refractivity contribution in [1.29, 1.82) is 0 Å². The zero-order valence-electron chi connectivity index (χ0n) is 15.0. The summed E-state index contributed by atoms with van der Waals surface area (Å²) in [6, 6.07) is 2.45. The van der Waals surface area contributed by atoms with Gasteiger partial charge in [0.1, 0.15) is 5.71 Å². The van der Waals surface area contributed by atoms with E-state index in [0.29, 0.717) is 23.2 Å². The highest BCUT2D eigenvalue weighted by Crippen LogP contribution is 2.23. The van der Waals surface area contributed by atoms with Crippen LogP contribution in [0.25, 0.3) is 6.08 Å². The van der Waals surface area contributed by atoms with Gasteiger partial charge in [-0.2, -0.15) is 5.10 Å². The summed E-state index contributed by atoms with van der Waals surface area (Å²) in [5.41, 5.74) is 8.00. The maximum absolute atomic E-state index is 12.2. The molecule has 1 amide bonds. The molecule has 0 bridgehead atoms. The average molecular weight is 350 g/mol. The second kappa shape index (κ2) is 6.84. The number of carbonyl (C=O) groups is 1. The Morgan fingerprint density at radius 2 is 2.04 bits per heavy atom. The predicted molar refractivity (Wildman–Crippen MR) is 99.7 cm³/mol. The van der Waals surface area contributed by atoms with Gasteiger partial charge in [0.15, 0.2) is 5.82 Å². The van der Waals surface area contributed by atoms with Crippen LogP contribution >= 0.6 is 0 Å². The predicted octanol–water partition coefficient (Wildman–Crippen LogP) is 1.63. The third-order valence-electron chi connectivity index (χ3n) is 4.85. The maximum atomic E-state index is 12.2. The fourth-order valence-corrected chi connectivity index (χ4v) is 3.23. The molecule has 2 aromatic rings. The molecule has 134 valence electrons. The van der Waals surface area contributed by atoms with Crippen molar-refractivity contribution < 1.29 is 4.79 Å². The van der Waals surface area contributed by atoms with Crippen molar-refractivity contribution in [2.45, 2.75) is 39.2 Å². The molecule has 0 unspecified atom stereocenters. The van der Waals surface area contributed by atoms with Crippen molar-refractivity contribution in [1.82, 2.24) is 25.7 Å². The number of rotatable bonds is 6. The first-order valence-corrected chi connectivity index (χ1v) is 8.92. The Labute approximate surface area is 152 Å². The van der Waals surface area contributed by atoms with Gasteiger partial charge in [0.25, 0.3) is 5.91 Å². The van der Waals surface area contributed by atoms with E-state index in [1.165, 1.54) is 24.0 Å². The first-order valence-electron chi connectivity index (χ1n) is 8.92. The van der Waals surface area contributed by atoms with E-state index in [1.54, 1.807) is 18.5 Å². The maximum Gasteiger partial charge on any atom is 0.273 e. The molecular weight excluding hydrogens is 328 g/mol. The van der Waals surface area contributed by atoms with Crippen molar-refractivity contribution in [3.05, 3.63) is 52.4 Å². The minimum Gasteiger partial charge on any atom is -0.359 e. The number of hydrogen-bond acceptors (Lipinski definition) is 5. The summed E-state index contributed by atoms with van der Waals surface area (Å²) in [5.74, 6) is 0.197. The van der Waals surface area contributed by atoms with E-state index in [2.05, 4.69) is 44.6 Å². The van der Waals surface area contributed by atoms with Crippen LogP contribution in [0.4, 0.5) is 0 Å². The minimum atomic E-state index is -0.240. The number of amides is 1. The highest BCUT2D eigenvalue weighted by atomic mass is 16.2. The molecular formula is C19H22N6O. The molecule has 26 heavy (non-hydrogen) atoms. The van der Waals surface area contributed by atoms with Gasteiger partial charge in [-0.05, 0) is 62.9 Å². The van der Waals surface area contributed by atoms with E-state index in [0.717, 1.165) is 24.4 Å². The number of H-pyrrole nitrogens is 1. The van der Waals surface area contributed by atoms with E-state index < -0.39 is 0 Å². The highest BCUT2D eigenvalue weighted by molar-refractivity contribution is 6.32. The molecule has 3 heterocycles. The van der Waals surface area contributed by atoms with Gasteiger partial charge in [-0.1, -0.05) is 0 Å². The average Bonchev–Trinajstić information content (AvgIpc) is 3.35. The minimum absolute atomic E-state index is 0.240. The van der Waals surface area contributed by atoms with Gasteiger partial charge < -0.3 is 10.3 Å². The molecule has 0 atom stereocenters. The molecule has 7 nitrogen and oxygen atoms in total. The number of hydrazone groups is 1. The summed E-state index contributed by atoms with van der Waals surface area (Å²) in [7, 11) is 0. The third kappa shape index (κ3) is 3.30. The molecule has 3 N–H and O–H groups in total. The SMILES string of the molecule is Cc1[nH]c(/C=C2/C(=O)NN=C2c2ncccn2)c(C)c1CCNC1CC1. The van der Waals surface area contributed by atoms with Gasteiger partial charge in [0, 0.05) is 29.8 Å². The molecule has 0 spiro atoms. The summed E-state index contributed by atoms with van der Waals surface area (Å²) in [6.45, 7) is 5.14. The molecule has 0 aromatic carbocycles. The zero-order valence-corrected chi connectivity index (χ0v) is 15.0. The molecule has 2 aromatic heterocycles. The fraction of sp³-hybridized carbons (Fsp3) is 0.368. The number of hydrogen-bond donors (Lipinski definition) is 3. The number of nitrogens with one attached hydrogen (secondary N) is 3. The van der Waals surface area contributed by atoms with E-state index in [-0.39, 0.29) is 5.91 Å². The van der Waals surface area contributed by atoms with Crippen molar-refractivity contribution in [3.8, 4) is 0 Å². The summed E-state index contributed by atoms with van der Waals surface area (Å²) >= 11 is 0. The lowest BCUT2D eigenvalue weighted by atomic mass is 10.0. The van der Waals surface area contributed by atoms with Gasteiger partial charge in [-0.3, -0.25) is 4.79 Å². The first-order chi connectivity index (χ1) is 12.6. The van der Waals surface area contributed by atoms with E-state index in [4.69, 9.17) is 0 Å². The van der Waals surface area contributed by atoms with Crippen LogP contribution < -0.4 is 10.7 Å². The zero-order chi connectivity index (χ0) is 18.1. The van der Waals surface area contributed by atoms with Gasteiger partial charge in [0.05, 0.1) is 5.57 Å². The van der Waals surface area contributed by atoms with Crippen LogP contribution in [0, 0.1) is 13.8 Å². The Hall–Kier alpha value is -2.80. The Kier molecular flexibility index (Phi) is 4.38. The Bertz CT molecular complexity index is 892. The Balaban J connectivity index is 1.60. The molecule has 4 rings (SSSR count). The van der Waals surface area contributed by atoms with Crippen molar-refractivity contribution >= 4 is 17.7 Å². The van der Waals surface area contributed by atoms with Gasteiger partial charge in [-0.25, -0.2) is 15.4 Å². The second-order valence-corrected chi connectivity index (χ2v) is 6.78. The summed E-state index contributed by atoms with van der Waals surface area (Å²) in [6.07, 6.45) is 8.68. The van der Waals surface area contributed by atoms with Gasteiger partial charge in [-0.15, -0.1) is 0 Å². The number of aromatic nitrogens is 3. The number of carbonyl (C=O) groups excluding carboxylic acids is 1. The van der Waals surface area contributed by atoms with E-state index in [9.17, 15) is 4.79 Å². The van der Waals surface area contributed by atoms with Gasteiger partial charge >= 0.3 is 0 Å². The topological polar surface area (TPSA) is 95.1 Å². The van der Waals surface area contributed by atoms with Crippen molar-refractivity contribution in [2.75, 3.05) is 6.54 Å². The van der Waals surface area contributed by atoms with Crippen molar-refractivity contribution in [3.63, 3.8) is 0 Å². The fourth-order valence-electron chi connectivity index (χ4n) is 3.23. The normalized spacial score (nSPS) is 18.3. The highest BCUT2D eigenvalue weighted by Gasteiger charge is 2.26. The lowest BCUT2D eigenvalue weighted by Gasteiger charge is -2.04. The lowest BCUT2D eigenvalue weighted by Crippen LogP contribution is -2.19. The van der Waals surface area contributed by atoms with Crippen LogP contribution in [0.2, 0.25) is 0 Å². The second-order valence-electron chi connectivity index (χ2n) is 6.78. The molecule has 1 aliphatic carbocycles. The van der Waals surface area contributed by atoms with Crippen molar-refractivity contribution in [2.24, 2.45) is 5.10 Å². The molecule has 0 radical (unpaired) electrons. The van der Waals surface area contributed by atoms with Crippen LogP contribution in [0.3, 0.4) is 0 Å². The Morgan fingerprint density at radius 1 is 1.27 bits per heavy atom. The largest absolute Gasteiger partial charge is 0.359 e. The molecule has 1 saturated carbocycles. The van der Waals surface area contributed by atoms with Crippen LogP contribution in [0.1, 0.15) is 41.2 Å². The van der Waals surface area contributed by atoms with Crippen LogP contribution in [0.5, 0.6) is 0 Å². The first kappa shape index (κ1) is 16.7. The van der Waals surface area contributed by atoms with Crippen LogP contribution in [-0.4, -0.2) is 39.2 Å². The van der Waals surface area contributed by atoms with E-state index in [1.807, 2.05) is 6.08 Å². The summed E-state index contributed by atoms with van der Waals surface area (Å²) < 4.78 is 0. The van der Waals surface area contributed by atoms with Gasteiger partial charge in [0.2, 0.25) is 0 Å². The standard InChI is InChI=1S/C19H22N6O/c1-11-14(6-9-20-13-4-5-13)12(2)23-16(11)10-15-17(24-25-19(15)26)18-21-7-3-8-22-18/h3,7-8,10,13,20,23H,4-6,9H2,1-2H3,(H,25,26)/b15-10+. The smallest absolute Gasteiger partial charge is 0.273 e. The molecule has 7 heteroatoms.